The molecule has 2 aromatic carbocycles. The van der Waals surface area contributed by atoms with E-state index >= 15 is 0 Å². The maximum Gasteiger partial charge on any atom is 0.264 e. The van der Waals surface area contributed by atoms with Crippen LogP contribution >= 0.6 is 11.8 Å². The lowest BCUT2D eigenvalue weighted by Gasteiger charge is -2.22. The Morgan fingerprint density at radius 1 is 1.03 bits per heavy atom. The number of methoxy groups -OCH3 is 2. The number of nitrogens with zero attached hydrogens (tertiary/aromatic N) is 2. The summed E-state index contributed by atoms with van der Waals surface area (Å²) in [6, 6.07) is 9.94. The minimum absolute atomic E-state index is 0.169. The molecule has 2 saturated heterocycles. The first-order valence-electron chi connectivity index (χ1n) is 10.4. The van der Waals surface area contributed by atoms with Crippen LogP contribution in [0.25, 0.3) is 6.08 Å². The topological polar surface area (TPSA) is 63.2 Å². The normalized spacial score (nSPS) is 18.7. The number of anilines is 1. The zero-order valence-corrected chi connectivity index (χ0v) is 19.1. The number of carbonyl (C=O) groups excluding carboxylic acids is 1. The van der Waals surface area contributed by atoms with Gasteiger partial charge in [0, 0.05) is 24.7 Å². The first kappa shape index (κ1) is 21.3. The predicted octanol–water partition coefficient (Wildman–Crippen LogP) is 4.81. The van der Waals surface area contributed by atoms with Crippen molar-refractivity contribution in [2.24, 2.45) is 4.99 Å². The highest BCUT2D eigenvalue weighted by Crippen LogP contribution is 2.39. The van der Waals surface area contributed by atoms with E-state index in [1.54, 1.807) is 14.2 Å². The fraction of sp³-hybridized carbons (Fsp3) is 0.333. The number of hydrogen-bond donors (Lipinski definition) is 1. The molecule has 0 spiro atoms. The first-order chi connectivity index (χ1) is 15.0. The van der Waals surface area contributed by atoms with Gasteiger partial charge in [0.15, 0.2) is 5.17 Å². The highest BCUT2D eigenvalue weighted by atomic mass is 32.2. The summed E-state index contributed by atoms with van der Waals surface area (Å²) in [5.74, 6) is 1.32. The number of ether oxygens (including phenoxy) is 2. The van der Waals surface area contributed by atoms with Gasteiger partial charge >= 0.3 is 0 Å². The van der Waals surface area contributed by atoms with Crippen molar-refractivity contribution in [3.8, 4) is 11.5 Å². The lowest BCUT2D eigenvalue weighted by atomic mass is 10.1. The van der Waals surface area contributed by atoms with Gasteiger partial charge in [0.05, 0.1) is 30.5 Å². The van der Waals surface area contributed by atoms with Crippen molar-refractivity contribution >= 4 is 40.3 Å². The summed E-state index contributed by atoms with van der Waals surface area (Å²) in [5.41, 5.74) is 5.03. The van der Waals surface area contributed by atoms with Crippen molar-refractivity contribution in [2.75, 3.05) is 32.2 Å². The van der Waals surface area contributed by atoms with Gasteiger partial charge in [-0.15, -0.1) is 0 Å². The van der Waals surface area contributed by atoms with Crippen molar-refractivity contribution in [3.05, 3.63) is 51.9 Å². The van der Waals surface area contributed by atoms with Crippen molar-refractivity contribution in [1.29, 1.82) is 0 Å². The number of amides is 1. The molecule has 7 heteroatoms. The van der Waals surface area contributed by atoms with E-state index in [1.807, 2.05) is 36.4 Å². The van der Waals surface area contributed by atoms with Crippen LogP contribution in [0.1, 0.15) is 29.5 Å². The Balaban J connectivity index is 1.63. The molecule has 0 radical (unpaired) electrons. The third kappa shape index (κ3) is 4.56. The van der Waals surface area contributed by atoms with Crippen molar-refractivity contribution in [1.82, 2.24) is 5.32 Å². The Morgan fingerprint density at radius 3 is 2.45 bits per heavy atom. The Labute approximate surface area is 187 Å². The molecule has 0 atom stereocenters. The van der Waals surface area contributed by atoms with Crippen LogP contribution in [-0.4, -0.2) is 38.4 Å². The number of rotatable bonds is 5. The fourth-order valence-electron chi connectivity index (χ4n) is 3.76. The minimum Gasteiger partial charge on any atom is -0.496 e. The van der Waals surface area contributed by atoms with E-state index in [9.17, 15) is 4.79 Å². The van der Waals surface area contributed by atoms with E-state index in [2.05, 4.69) is 29.1 Å². The van der Waals surface area contributed by atoms with E-state index in [0.29, 0.717) is 15.8 Å². The van der Waals surface area contributed by atoms with Gasteiger partial charge < -0.3 is 19.7 Å². The van der Waals surface area contributed by atoms with Crippen LogP contribution < -0.4 is 19.7 Å². The molecule has 2 aromatic rings. The molecule has 2 aliphatic heterocycles. The van der Waals surface area contributed by atoms with Crippen molar-refractivity contribution < 1.29 is 14.3 Å². The Morgan fingerprint density at radius 2 is 1.77 bits per heavy atom. The molecule has 1 N–H and O–H groups in total. The molecule has 2 heterocycles. The molecule has 0 aromatic heterocycles. The number of carbonyl (C=O) groups is 1. The standard InChI is InChI=1S/C24H27N3O3S/c1-15-7-8-18(11-16(15)2)25-24-26-23(28)22(31-24)13-17-12-21(30-4)19(14-20(17)29-3)27-9-5-6-10-27/h7-8,11-14H,5-6,9-10H2,1-4H3,(H,25,26,28). The van der Waals surface area contributed by atoms with E-state index in [-0.39, 0.29) is 5.91 Å². The molecule has 0 bridgehead atoms. The molecule has 0 saturated carbocycles. The maximum atomic E-state index is 12.6. The molecule has 6 nitrogen and oxygen atoms in total. The van der Waals surface area contributed by atoms with E-state index in [1.165, 1.54) is 35.7 Å². The van der Waals surface area contributed by atoms with Gasteiger partial charge in [-0.25, -0.2) is 4.99 Å². The molecule has 2 fully saturated rings. The second-order valence-electron chi connectivity index (χ2n) is 7.71. The molecule has 1 amide bonds. The summed E-state index contributed by atoms with van der Waals surface area (Å²) in [6.07, 6.45) is 4.19. The van der Waals surface area contributed by atoms with Gasteiger partial charge in [-0.2, -0.15) is 0 Å². The molecule has 2 aliphatic rings. The van der Waals surface area contributed by atoms with E-state index in [4.69, 9.17) is 9.47 Å². The number of thioether (sulfide) groups is 1. The van der Waals surface area contributed by atoms with Crippen LogP contribution in [0.5, 0.6) is 11.5 Å². The minimum atomic E-state index is -0.169. The first-order valence-corrected chi connectivity index (χ1v) is 11.2. The van der Waals surface area contributed by atoms with Crippen LogP contribution in [0.15, 0.2) is 40.2 Å². The molecule has 31 heavy (non-hydrogen) atoms. The Bertz CT molecular complexity index is 1070. The van der Waals surface area contributed by atoms with Crippen LogP contribution in [0.3, 0.4) is 0 Å². The smallest absolute Gasteiger partial charge is 0.264 e. The molecule has 0 aliphatic carbocycles. The van der Waals surface area contributed by atoms with Gasteiger partial charge in [0.25, 0.3) is 5.91 Å². The van der Waals surface area contributed by atoms with Crippen molar-refractivity contribution in [3.63, 3.8) is 0 Å². The van der Waals surface area contributed by atoms with Gasteiger partial charge in [0.1, 0.15) is 11.5 Å². The number of amidine groups is 1. The molecular weight excluding hydrogens is 410 g/mol. The third-order valence-electron chi connectivity index (χ3n) is 5.64. The lowest BCUT2D eigenvalue weighted by Crippen LogP contribution is -2.19. The van der Waals surface area contributed by atoms with Gasteiger partial charge in [-0.05, 0) is 73.9 Å². The maximum absolute atomic E-state index is 12.6. The summed E-state index contributed by atoms with van der Waals surface area (Å²) in [4.78, 5) is 20.0. The zero-order chi connectivity index (χ0) is 22.0. The van der Waals surface area contributed by atoms with E-state index in [0.717, 1.165) is 35.8 Å². The Kier molecular flexibility index (Phi) is 6.23. The van der Waals surface area contributed by atoms with Crippen LogP contribution in [0, 0.1) is 13.8 Å². The summed E-state index contributed by atoms with van der Waals surface area (Å²) < 4.78 is 11.3. The average Bonchev–Trinajstić information content (AvgIpc) is 3.41. The highest BCUT2D eigenvalue weighted by Gasteiger charge is 2.25. The van der Waals surface area contributed by atoms with Crippen molar-refractivity contribution in [2.45, 2.75) is 26.7 Å². The van der Waals surface area contributed by atoms with Gasteiger partial charge in [0.2, 0.25) is 0 Å². The van der Waals surface area contributed by atoms with E-state index < -0.39 is 0 Å². The zero-order valence-electron chi connectivity index (χ0n) is 18.3. The highest BCUT2D eigenvalue weighted by molar-refractivity contribution is 8.18. The summed E-state index contributed by atoms with van der Waals surface area (Å²) in [6.45, 7) is 6.14. The fourth-order valence-corrected chi connectivity index (χ4v) is 4.59. The average molecular weight is 438 g/mol. The monoisotopic (exact) mass is 437 g/mol. The number of aliphatic imine (C=N–C) groups is 1. The molecular formula is C24H27N3O3S. The number of nitrogens with one attached hydrogen (secondary N) is 1. The third-order valence-corrected chi connectivity index (χ3v) is 6.55. The molecule has 0 unspecified atom stereocenters. The van der Waals surface area contributed by atoms with Crippen LogP contribution in [-0.2, 0) is 4.79 Å². The van der Waals surface area contributed by atoms with Crippen LogP contribution in [0.2, 0.25) is 0 Å². The van der Waals surface area contributed by atoms with Crippen LogP contribution in [0.4, 0.5) is 11.4 Å². The van der Waals surface area contributed by atoms with Gasteiger partial charge in [-0.3, -0.25) is 4.79 Å². The molecule has 4 rings (SSSR count). The largest absolute Gasteiger partial charge is 0.496 e. The summed E-state index contributed by atoms with van der Waals surface area (Å²) in [7, 11) is 3.32. The SMILES string of the molecule is COc1cc(N2CCCC2)c(OC)cc1C=C1SC(=Nc2ccc(C)c(C)c2)NC1=O. The predicted molar refractivity (Wildman–Crippen MR) is 128 cm³/mol. The summed E-state index contributed by atoms with van der Waals surface area (Å²) in [5, 5.41) is 3.42. The second kappa shape index (κ2) is 9.06. The lowest BCUT2D eigenvalue weighted by molar-refractivity contribution is -0.115. The molecule has 162 valence electrons. The number of benzene rings is 2. The summed E-state index contributed by atoms with van der Waals surface area (Å²) >= 11 is 1.32. The second-order valence-corrected chi connectivity index (χ2v) is 8.74. The quantitative estimate of drug-likeness (QED) is 0.680. The number of hydrogen-bond acceptors (Lipinski definition) is 6. The number of aryl methyl sites for hydroxylation is 2. The Hall–Kier alpha value is -2.93. The van der Waals surface area contributed by atoms with Gasteiger partial charge in [-0.1, -0.05) is 6.07 Å².